The van der Waals surface area contributed by atoms with Crippen LogP contribution in [0.15, 0.2) is 30.8 Å². The maximum Gasteiger partial charge on any atom is 0.0941 e. The molecule has 19 heavy (non-hydrogen) atoms. The normalized spacial score (nSPS) is 14.2. The van der Waals surface area contributed by atoms with E-state index in [9.17, 15) is 0 Å². The number of rotatable bonds is 2. The predicted molar refractivity (Wildman–Crippen MR) is 84.7 cm³/mol. The van der Waals surface area contributed by atoms with Crippen LogP contribution in [0.4, 0.5) is 5.00 Å². The van der Waals surface area contributed by atoms with Crippen molar-refractivity contribution >= 4 is 21.9 Å². The lowest BCUT2D eigenvalue weighted by atomic mass is 9.90. The Morgan fingerprint density at radius 3 is 2.58 bits per heavy atom. The molecule has 2 heteroatoms. The number of anilines is 1. The van der Waals surface area contributed by atoms with E-state index in [1.165, 1.54) is 46.4 Å². The lowest BCUT2D eigenvalue weighted by Gasteiger charge is -2.14. The second-order valence-corrected chi connectivity index (χ2v) is 6.43. The van der Waals surface area contributed by atoms with Crippen molar-refractivity contribution in [3.05, 3.63) is 58.0 Å². The first kappa shape index (κ1) is 12.5. The summed E-state index contributed by atoms with van der Waals surface area (Å²) in [5, 5.41) is 0.942. The Hall–Kier alpha value is -1.54. The third-order valence-electron chi connectivity index (χ3n) is 3.90. The van der Waals surface area contributed by atoms with Gasteiger partial charge in [-0.25, -0.2) is 0 Å². The van der Waals surface area contributed by atoms with Crippen molar-refractivity contribution in [3.63, 3.8) is 0 Å². The van der Waals surface area contributed by atoms with Gasteiger partial charge in [0.15, 0.2) is 0 Å². The standard InChI is InChI=1S/C17H19NS/c1-11-7-9-13(10-8-11)12(2)16-14-5-3-4-6-15(14)19-17(16)18/h7-10H,2-6,18H2,1H3. The maximum atomic E-state index is 6.25. The van der Waals surface area contributed by atoms with Crippen molar-refractivity contribution in [2.24, 2.45) is 0 Å². The van der Waals surface area contributed by atoms with E-state index in [4.69, 9.17) is 5.73 Å². The summed E-state index contributed by atoms with van der Waals surface area (Å²) in [6.07, 6.45) is 4.91. The van der Waals surface area contributed by atoms with Crippen LogP contribution in [0.2, 0.25) is 0 Å². The van der Waals surface area contributed by atoms with Crippen molar-refractivity contribution in [2.75, 3.05) is 5.73 Å². The molecule has 0 saturated carbocycles. The van der Waals surface area contributed by atoms with E-state index < -0.39 is 0 Å². The third kappa shape index (κ3) is 2.21. The van der Waals surface area contributed by atoms with Gasteiger partial charge in [-0.3, -0.25) is 0 Å². The molecule has 0 radical (unpaired) electrons. The van der Waals surface area contributed by atoms with Gasteiger partial charge in [0.2, 0.25) is 0 Å². The Labute approximate surface area is 118 Å². The predicted octanol–water partition coefficient (Wildman–Crippen LogP) is 4.58. The Balaban J connectivity index is 2.04. The van der Waals surface area contributed by atoms with Gasteiger partial charge < -0.3 is 5.73 Å². The molecule has 1 aromatic carbocycles. The molecule has 0 bridgehead atoms. The van der Waals surface area contributed by atoms with Gasteiger partial charge in [0.05, 0.1) is 5.00 Å². The van der Waals surface area contributed by atoms with Gasteiger partial charge in [-0.1, -0.05) is 36.4 Å². The van der Waals surface area contributed by atoms with Gasteiger partial charge in [0, 0.05) is 10.4 Å². The summed E-state index contributed by atoms with van der Waals surface area (Å²) in [6, 6.07) is 8.55. The quantitative estimate of drug-likeness (QED) is 0.848. The van der Waals surface area contributed by atoms with Crippen LogP contribution in [0.1, 0.15) is 40.0 Å². The molecule has 0 unspecified atom stereocenters. The molecule has 1 heterocycles. The molecule has 0 fully saturated rings. The number of hydrogen-bond donors (Lipinski definition) is 1. The summed E-state index contributed by atoms with van der Waals surface area (Å²) in [5.74, 6) is 0. The van der Waals surface area contributed by atoms with Gasteiger partial charge in [-0.05, 0) is 49.3 Å². The lowest BCUT2D eigenvalue weighted by molar-refractivity contribution is 0.696. The molecule has 1 aliphatic carbocycles. The lowest BCUT2D eigenvalue weighted by Crippen LogP contribution is -2.02. The molecule has 3 rings (SSSR count). The Morgan fingerprint density at radius 1 is 1.16 bits per heavy atom. The summed E-state index contributed by atoms with van der Waals surface area (Å²) in [7, 11) is 0. The number of fused-ring (bicyclic) bond motifs is 1. The first-order valence-electron chi connectivity index (χ1n) is 6.83. The molecule has 0 atom stereocenters. The minimum absolute atomic E-state index is 0.942. The van der Waals surface area contributed by atoms with Crippen molar-refractivity contribution in [1.82, 2.24) is 0 Å². The van der Waals surface area contributed by atoms with Crippen molar-refractivity contribution < 1.29 is 0 Å². The molecule has 2 N–H and O–H groups in total. The second kappa shape index (κ2) is 4.86. The number of nitrogens with two attached hydrogens (primary N) is 1. The molecule has 0 aliphatic heterocycles. The molecule has 1 nitrogen and oxygen atoms in total. The smallest absolute Gasteiger partial charge is 0.0941 e. The molecule has 0 saturated heterocycles. The van der Waals surface area contributed by atoms with Gasteiger partial charge in [-0.2, -0.15) is 0 Å². The average Bonchev–Trinajstić information content (AvgIpc) is 2.74. The van der Waals surface area contributed by atoms with Crippen LogP contribution in [0.25, 0.3) is 5.57 Å². The number of benzene rings is 1. The minimum atomic E-state index is 0.942. The van der Waals surface area contributed by atoms with Crippen LogP contribution < -0.4 is 5.73 Å². The fourth-order valence-electron chi connectivity index (χ4n) is 2.82. The van der Waals surface area contributed by atoms with Crippen LogP contribution in [0.5, 0.6) is 0 Å². The summed E-state index contributed by atoms with van der Waals surface area (Å²) in [5.41, 5.74) is 12.5. The zero-order valence-corrected chi connectivity index (χ0v) is 12.1. The Bertz CT molecular complexity index is 619. The largest absolute Gasteiger partial charge is 0.390 e. The van der Waals surface area contributed by atoms with Crippen LogP contribution in [-0.2, 0) is 12.8 Å². The third-order valence-corrected chi connectivity index (χ3v) is 5.02. The highest BCUT2D eigenvalue weighted by Gasteiger charge is 2.21. The fraction of sp³-hybridized carbons (Fsp3) is 0.294. The van der Waals surface area contributed by atoms with Crippen LogP contribution in [0, 0.1) is 6.92 Å². The molecule has 98 valence electrons. The average molecular weight is 269 g/mol. The molecule has 2 aromatic rings. The van der Waals surface area contributed by atoms with Crippen LogP contribution in [-0.4, -0.2) is 0 Å². The summed E-state index contributed by atoms with van der Waals surface area (Å²) in [4.78, 5) is 1.48. The highest BCUT2D eigenvalue weighted by atomic mass is 32.1. The number of hydrogen-bond acceptors (Lipinski definition) is 2. The van der Waals surface area contributed by atoms with E-state index in [0.29, 0.717) is 0 Å². The number of nitrogen functional groups attached to an aromatic ring is 1. The summed E-state index contributed by atoms with van der Waals surface area (Å²) in [6.45, 7) is 6.40. The highest BCUT2D eigenvalue weighted by Crippen LogP contribution is 2.41. The van der Waals surface area contributed by atoms with E-state index in [1.807, 2.05) is 0 Å². The van der Waals surface area contributed by atoms with E-state index >= 15 is 0 Å². The van der Waals surface area contributed by atoms with Crippen molar-refractivity contribution in [3.8, 4) is 0 Å². The second-order valence-electron chi connectivity index (χ2n) is 5.29. The van der Waals surface area contributed by atoms with Crippen LogP contribution >= 0.6 is 11.3 Å². The first-order valence-corrected chi connectivity index (χ1v) is 7.65. The van der Waals surface area contributed by atoms with Gasteiger partial charge in [0.1, 0.15) is 0 Å². The highest BCUT2D eigenvalue weighted by molar-refractivity contribution is 7.16. The molecular weight excluding hydrogens is 250 g/mol. The Morgan fingerprint density at radius 2 is 1.84 bits per heavy atom. The summed E-state index contributed by atoms with van der Waals surface area (Å²) < 4.78 is 0. The SMILES string of the molecule is C=C(c1ccc(C)cc1)c1c(N)sc2c1CCCC2. The topological polar surface area (TPSA) is 26.0 Å². The monoisotopic (exact) mass is 269 g/mol. The first-order chi connectivity index (χ1) is 9.16. The van der Waals surface area contributed by atoms with Gasteiger partial charge in [-0.15, -0.1) is 11.3 Å². The van der Waals surface area contributed by atoms with Crippen LogP contribution in [0.3, 0.4) is 0 Å². The number of aryl methyl sites for hydroxylation is 2. The molecular formula is C17H19NS. The minimum Gasteiger partial charge on any atom is -0.390 e. The number of thiophene rings is 1. The van der Waals surface area contributed by atoms with Crippen molar-refractivity contribution in [1.29, 1.82) is 0 Å². The van der Waals surface area contributed by atoms with Crippen molar-refractivity contribution in [2.45, 2.75) is 32.6 Å². The van der Waals surface area contributed by atoms with E-state index in [-0.39, 0.29) is 0 Å². The zero-order chi connectivity index (χ0) is 13.4. The van der Waals surface area contributed by atoms with E-state index in [1.54, 1.807) is 11.3 Å². The molecule has 0 spiro atoms. The van der Waals surface area contributed by atoms with Gasteiger partial charge >= 0.3 is 0 Å². The zero-order valence-electron chi connectivity index (χ0n) is 11.3. The molecule has 0 amide bonds. The molecule has 1 aliphatic rings. The summed E-state index contributed by atoms with van der Waals surface area (Å²) >= 11 is 1.76. The fourth-order valence-corrected chi connectivity index (χ4v) is 4.00. The van der Waals surface area contributed by atoms with E-state index in [2.05, 4.69) is 37.8 Å². The maximum absolute atomic E-state index is 6.25. The molecule has 1 aromatic heterocycles. The Kier molecular flexibility index (Phi) is 3.19. The van der Waals surface area contributed by atoms with E-state index in [0.717, 1.165) is 17.0 Å². The van der Waals surface area contributed by atoms with Gasteiger partial charge in [0.25, 0.3) is 0 Å².